The lowest BCUT2D eigenvalue weighted by molar-refractivity contribution is -0.128. The molecule has 2 atom stereocenters. The summed E-state index contributed by atoms with van der Waals surface area (Å²) in [6, 6.07) is 9.07. The fourth-order valence-electron chi connectivity index (χ4n) is 4.87. The number of ether oxygens (including phenoxy) is 1. The van der Waals surface area contributed by atoms with Crippen molar-refractivity contribution in [3.8, 4) is 11.3 Å². The minimum absolute atomic E-state index is 0.0227. The Morgan fingerprint density at radius 2 is 1.90 bits per heavy atom. The van der Waals surface area contributed by atoms with E-state index in [1.165, 1.54) is 17.0 Å². The maximum atomic E-state index is 14.2. The number of rotatable bonds is 6. The van der Waals surface area contributed by atoms with E-state index in [2.05, 4.69) is 20.8 Å². The van der Waals surface area contributed by atoms with Crippen LogP contribution in [0.25, 0.3) is 11.3 Å². The van der Waals surface area contributed by atoms with Gasteiger partial charge in [0.05, 0.1) is 22.7 Å². The number of aromatic nitrogens is 2. The van der Waals surface area contributed by atoms with Crippen LogP contribution in [0, 0.1) is 17.6 Å². The van der Waals surface area contributed by atoms with Crippen molar-refractivity contribution in [2.45, 2.75) is 57.2 Å². The molecule has 216 valence electrons. The number of piperidine rings is 1. The summed E-state index contributed by atoms with van der Waals surface area (Å²) in [7, 11) is 0. The summed E-state index contributed by atoms with van der Waals surface area (Å²) in [6.07, 6.45) is 2.83. The molecule has 0 bridgehead atoms. The van der Waals surface area contributed by atoms with Gasteiger partial charge in [-0.15, -0.1) is 0 Å². The van der Waals surface area contributed by atoms with Gasteiger partial charge in [-0.05, 0) is 64.3 Å². The highest BCUT2D eigenvalue weighted by atomic mass is 19.1. The first-order valence-electron chi connectivity index (χ1n) is 13.4. The number of nitrogens with zero attached hydrogens (tertiary/aromatic N) is 3. The van der Waals surface area contributed by atoms with Crippen LogP contribution in [0.3, 0.4) is 0 Å². The van der Waals surface area contributed by atoms with E-state index in [1.807, 2.05) is 12.1 Å². The molecule has 41 heavy (non-hydrogen) atoms. The van der Waals surface area contributed by atoms with Crippen LogP contribution < -0.4 is 10.6 Å². The van der Waals surface area contributed by atoms with E-state index in [4.69, 9.17) is 9.26 Å². The van der Waals surface area contributed by atoms with E-state index >= 15 is 0 Å². The average molecular weight is 568 g/mol. The van der Waals surface area contributed by atoms with E-state index in [9.17, 15) is 23.2 Å². The lowest BCUT2D eigenvalue weighted by Crippen LogP contribution is -2.58. The Labute approximate surface area is 235 Å². The summed E-state index contributed by atoms with van der Waals surface area (Å²) in [5, 5.41) is 9.68. The van der Waals surface area contributed by atoms with E-state index in [0.29, 0.717) is 6.07 Å². The van der Waals surface area contributed by atoms with Gasteiger partial charge in [0.25, 0.3) is 5.91 Å². The molecule has 0 radical (unpaired) electrons. The van der Waals surface area contributed by atoms with E-state index in [-0.39, 0.29) is 42.4 Å². The predicted molar refractivity (Wildman–Crippen MR) is 142 cm³/mol. The molecule has 12 heteroatoms. The minimum Gasteiger partial charge on any atom is -0.444 e. The zero-order chi connectivity index (χ0) is 29.4. The number of nitrogens with one attached hydrogen (secondary N) is 2. The number of amides is 3. The smallest absolute Gasteiger partial charge is 0.410 e. The number of pyridine rings is 1. The highest BCUT2D eigenvalue weighted by Gasteiger charge is 2.49. The highest BCUT2D eigenvalue weighted by Crippen LogP contribution is 2.44. The molecule has 5 rings (SSSR count). The maximum Gasteiger partial charge on any atom is 0.410 e. The number of benzene rings is 1. The van der Waals surface area contributed by atoms with E-state index < -0.39 is 46.7 Å². The second kappa shape index (κ2) is 10.9. The van der Waals surface area contributed by atoms with Gasteiger partial charge in [-0.1, -0.05) is 11.2 Å². The van der Waals surface area contributed by atoms with Crippen molar-refractivity contribution in [1.82, 2.24) is 25.7 Å². The van der Waals surface area contributed by atoms with Crippen molar-refractivity contribution in [1.29, 1.82) is 0 Å². The lowest BCUT2D eigenvalue weighted by Gasteiger charge is -2.39. The molecular weight excluding hydrogens is 536 g/mol. The first-order chi connectivity index (χ1) is 19.4. The second-order valence-electron chi connectivity index (χ2n) is 11.4. The summed E-state index contributed by atoms with van der Waals surface area (Å²) < 4.78 is 38.2. The Hall–Kier alpha value is -4.35. The van der Waals surface area contributed by atoms with Crippen LogP contribution in [0.4, 0.5) is 13.6 Å². The lowest BCUT2D eigenvalue weighted by atomic mass is 9.90. The largest absolute Gasteiger partial charge is 0.444 e. The molecule has 2 fully saturated rings. The van der Waals surface area contributed by atoms with Crippen LogP contribution in [-0.2, 0) is 15.1 Å². The van der Waals surface area contributed by atoms with Crippen molar-refractivity contribution in [3.63, 3.8) is 0 Å². The van der Waals surface area contributed by atoms with Gasteiger partial charge < -0.3 is 24.8 Å². The molecule has 2 N–H and O–H groups in total. The van der Waals surface area contributed by atoms with Gasteiger partial charge in [0.15, 0.2) is 11.5 Å². The van der Waals surface area contributed by atoms with Crippen molar-refractivity contribution >= 4 is 17.9 Å². The molecule has 0 spiro atoms. The molecule has 3 heterocycles. The van der Waals surface area contributed by atoms with Crippen LogP contribution in [-0.4, -0.2) is 57.7 Å². The first-order valence-corrected chi connectivity index (χ1v) is 13.4. The van der Waals surface area contributed by atoms with Crippen molar-refractivity contribution in [3.05, 3.63) is 71.7 Å². The summed E-state index contributed by atoms with van der Waals surface area (Å²) in [5.74, 6) is -3.43. The molecule has 2 unspecified atom stereocenters. The Balaban J connectivity index is 1.34. The molecule has 2 aromatic heterocycles. The highest BCUT2D eigenvalue weighted by molar-refractivity contribution is 5.94. The predicted octanol–water partition coefficient (Wildman–Crippen LogP) is 4.18. The second-order valence-corrected chi connectivity index (χ2v) is 11.4. The Bertz CT molecular complexity index is 1450. The number of hydrogen-bond acceptors (Lipinski definition) is 7. The molecule has 2 aliphatic rings. The fraction of sp³-hybridized carbons (Fsp3) is 0.414. The quantitative estimate of drug-likeness (QED) is 0.458. The van der Waals surface area contributed by atoms with Crippen LogP contribution in [0.1, 0.15) is 56.2 Å². The minimum atomic E-state index is -0.860. The first kappa shape index (κ1) is 28.2. The SMILES string of the molecule is CC(C)(C)OC(=O)N1CCC(NC(=O)c2cc(-c3ccc(F)cc3F)on2)C(C(=O)NC2(c3ccccn3)CC2)C1. The summed E-state index contributed by atoms with van der Waals surface area (Å²) in [5.41, 5.74) is -0.751. The molecule has 1 saturated carbocycles. The van der Waals surface area contributed by atoms with Crippen molar-refractivity contribution in [2.24, 2.45) is 5.92 Å². The molecular formula is C29H31F2N5O5. The van der Waals surface area contributed by atoms with Crippen molar-refractivity contribution < 1.29 is 32.4 Å². The molecule has 10 nitrogen and oxygen atoms in total. The van der Waals surface area contributed by atoms with Crippen LogP contribution in [0.2, 0.25) is 0 Å². The van der Waals surface area contributed by atoms with Gasteiger partial charge >= 0.3 is 6.09 Å². The third-order valence-corrected chi connectivity index (χ3v) is 7.12. The fourth-order valence-corrected chi connectivity index (χ4v) is 4.87. The van der Waals surface area contributed by atoms with Gasteiger partial charge in [-0.25, -0.2) is 13.6 Å². The van der Waals surface area contributed by atoms with Crippen LogP contribution >= 0.6 is 0 Å². The van der Waals surface area contributed by atoms with E-state index in [1.54, 1.807) is 33.0 Å². The number of carbonyl (C=O) groups is 3. The normalized spacial score (nSPS) is 19.8. The molecule has 1 aliphatic heterocycles. The molecule has 1 aromatic carbocycles. The number of likely N-dealkylation sites (tertiary alicyclic amines) is 1. The van der Waals surface area contributed by atoms with Crippen LogP contribution in [0.15, 0.2) is 53.2 Å². The number of carbonyl (C=O) groups excluding carboxylic acids is 3. The summed E-state index contributed by atoms with van der Waals surface area (Å²) in [4.78, 5) is 45.5. The van der Waals surface area contributed by atoms with E-state index in [0.717, 1.165) is 24.6 Å². The van der Waals surface area contributed by atoms with Gasteiger partial charge in [-0.2, -0.15) is 0 Å². The Kier molecular flexibility index (Phi) is 7.50. The Morgan fingerprint density at radius 1 is 1.12 bits per heavy atom. The number of hydrogen-bond donors (Lipinski definition) is 2. The summed E-state index contributed by atoms with van der Waals surface area (Å²) >= 11 is 0. The van der Waals surface area contributed by atoms with Gasteiger partial charge in [0, 0.05) is 37.5 Å². The van der Waals surface area contributed by atoms with Crippen molar-refractivity contribution in [2.75, 3.05) is 13.1 Å². The zero-order valence-corrected chi connectivity index (χ0v) is 22.9. The van der Waals surface area contributed by atoms with Gasteiger partial charge in [0.2, 0.25) is 5.91 Å². The maximum absolute atomic E-state index is 14.2. The Morgan fingerprint density at radius 3 is 2.56 bits per heavy atom. The molecule has 1 saturated heterocycles. The standard InChI is InChI=1S/C29H31F2N5O5/c1-28(2,3)40-27(39)36-13-9-21(19(16-36)25(37)34-29(10-11-29)24-6-4-5-12-32-24)33-26(38)22-15-23(41-35-22)18-8-7-17(30)14-20(18)31/h4-8,12,14-15,19,21H,9-11,13,16H2,1-3H3,(H,33,38)(H,34,37). The number of halogens is 2. The van der Waals surface area contributed by atoms with Gasteiger partial charge in [-0.3, -0.25) is 14.6 Å². The van der Waals surface area contributed by atoms with Gasteiger partial charge in [0.1, 0.15) is 17.2 Å². The summed E-state index contributed by atoms with van der Waals surface area (Å²) in [6.45, 7) is 5.55. The molecule has 3 aromatic rings. The third kappa shape index (κ3) is 6.36. The van der Waals surface area contributed by atoms with Crippen LogP contribution in [0.5, 0.6) is 0 Å². The molecule has 1 aliphatic carbocycles. The third-order valence-electron chi connectivity index (χ3n) is 7.12. The zero-order valence-electron chi connectivity index (χ0n) is 22.9. The average Bonchev–Trinajstić information content (AvgIpc) is 3.53. The topological polar surface area (TPSA) is 127 Å². The molecule has 3 amide bonds. The monoisotopic (exact) mass is 567 g/mol.